The monoisotopic (exact) mass is 349 g/mol. The van der Waals surface area contributed by atoms with Crippen LogP contribution in [-0.4, -0.2) is 36.1 Å². The molecule has 0 aliphatic rings. The highest BCUT2D eigenvalue weighted by molar-refractivity contribution is 5.67. The van der Waals surface area contributed by atoms with Crippen LogP contribution >= 0.6 is 0 Å². The predicted octanol–water partition coefficient (Wildman–Crippen LogP) is 2.16. The van der Waals surface area contributed by atoms with Crippen molar-refractivity contribution in [1.29, 1.82) is 0 Å². The van der Waals surface area contributed by atoms with Gasteiger partial charge in [-0.05, 0) is 23.3 Å². The molecule has 3 N–H and O–H groups in total. The molecule has 0 fully saturated rings. The van der Waals surface area contributed by atoms with Crippen LogP contribution in [-0.2, 0) is 11.3 Å². The fourth-order valence-electron chi connectivity index (χ4n) is 2.17. The Bertz CT molecular complexity index is 695. The van der Waals surface area contributed by atoms with Crippen molar-refractivity contribution in [3.63, 3.8) is 0 Å². The standard InChI is InChI=1S/C18H20FNO5/c1-24-15-8-13(7-14(19)9-15)17(22)16(21)10-20-18(23)25-11-12-5-3-2-4-6-12/h2-9,16-17,21-22H,10-11H2,1H3,(H,20,23). The molecule has 0 spiro atoms. The molecule has 1 amide bonds. The summed E-state index contributed by atoms with van der Waals surface area (Å²) in [7, 11) is 1.37. The van der Waals surface area contributed by atoms with Gasteiger partial charge in [0, 0.05) is 12.6 Å². The number of carbonyl (C=O) groups is 1. The van der Waals surface area contributed by atoms with Crippen molar-refractivity contribution in [2.45, 2.75) is 18.8 Å². The second-order valence-electron chi connectivity index (χ2n) is 5.38. The van der Waals surface area contributed by atoms with Crippen LogP contribution in [0, 0.1) is 5.82 Å². The number of halogens is 1. The van der Waals surface area contributed by atoms with Gasteiger partial charge in [0.05, 0.1) is 7.11 Å². The lowest BCUT2D eigenvalue weighted by atomic mass is 10.0. The number of methoxy groups -OCH3 is 1. The molecule has 25 heavy (non-hydrogen) atoms. The molecule has 2 rings (SSSR count). The van der Waals surface area contributed by atoms with Crippen molar-refractivity contribution in [1.82, 2.24) is 5.32 Å². The predicted molar refractivity (Wildman–Crippen MR) is 88.5 cm³/mol. The van der Waals surface area contributed by atoms with Crippen LogP contribution in [0.25, 0.3) is 0 Å². The summed E-state index contributed by atoms with van der Waals surface area (Å²) in [6.07, 6.45) is -3.46. The van der Waals surface area contributed by atoms with Crippen molar-refractivity contribution < 1.29 is 28.9 Å². The van der Waals surface area contributed by atoms with Crippen LogP contribution in [0.15, 0.2) is 48.5 Å². The van der Waals surface area contributed by atoms with Gasteiger partial charge >= 0.3 is 6.09 Å². The van der Waals surface area contributed by atoms with Gasteiger partial charge in [-0.1, -0.05) is 30.3 Å². The summed E-state index contributed by atoms with van der Waals surface area (Å²) in [6.45, 7) is -0.167. The Morgan fingerprint density at radius 3 is 2.60 bits per heavy atom. The molecule has 0 aliphatic carbocycles. The molecular formula is C18H20FNO5. The zero-order valence-electron chi connectivity index (χ0n) is 13.7. The van der Waals surface area contributed by atoms with Crippen molar-refractivity contribution in [2.75, 3.05) is 13.7 Å². The Labute approximate surface area is 144 Å². The average Bonchev–Trinajstić information content (AvgIpc) is 2.64. The number of alkyl carbamates (subject to hydrolysis) is 1. The second kappa shape index (κ2) is 9.00. The highest BCUT2D eigenvalue weighted by Gasteiger charge is 2.21. The van der Waals surface area contributed by atoms with E-state index in [0.717, 1.165) is 17.7 Å². The molecule has 0 aliphatic heterocycles. The molecule has 0 saturated carbocycles. The van der Waals surface area contributed by atoms with E-state index in [1.54, 1.807) is 0 Å². The maximum absolute atomic E-state index is 13.5. The van der Waals surface area contributed by atoms with Gasteiger partial charge in [-0.15, -0.1) is 0 Å². The fourth-order valence-corrected chi connectivity index (χ4v) is 2.17. The zero-order chi connectivity index (χ0) is 18.2. The minimum absolute atomic E-state index is 0.0897. The first-order valence-electron chi connectivity index (χ1n) is 7.64. The first kappa shape index (κ1) is 18.7. The van der Waals surface area contributed by atoms with E-state index in [1.807, 2.05) is 30.3 Å². The summed E-state index contributed by atoms with van der Waals surface area (Å²) in [5.41, 5.74) is 0.967. The summed E-state index contributed by atoms with van der Waals surface area (Å²) >= 11 is 0. The number of aliphatic hydroxyl groups is 2. The Hall–Kier alpha value is -2.64. The van der Waals surface area contributed by atoms with Gasteiger partial charge in [0.15, 0.2) is 0 Å². The summed E-state index contributed by atoms with van der Waals surface area (Å²) in [4.78, 5) is 11.6. The van der Waals surface area contributed by atoms with E-state index >= 15 is 0 Å². The summed E-state index contributed by atoms with van der Waals surface area (Å²) in [5.74, 6) is -0.382. The van der Waals surface area contributed by atoms with E-state index in [4.69, 9.17) is 9.47 Å². The van der Waals surface area contributed by atoms with E-state index in [9.17, 15) is 19.4 Å². The van der Waals surface area contributed by atoms with Gasteiger partial charge in [-0.2, -0.15) is 0 Å². The highest BCUT2D eigenvalue weighted by Crippen LogP contribution is 2.23. The number of ether oxygens (including phenoxy) is 2. The minimum Gasteiger partial charge on any atom is -0.497 e. The first-order valence-corrected chi connectivity index (χ1v) is 7.64. The van der Waals surface area contributed by atoms with Crippen LogP contribution in [0.1, 0.15) is 17.2 Å². The quantitative estimate of drug-likeness (QED) is 0.713. The molecule has 0 bridgehead atoms. The molecule has 6 nitrogen and oxygen atoms in total. The number of amides is 1. The maximum atomic E-state index is 13.5. The van der Waals surface area contributed by atoms with Crippen molar-refractivity contribution >= 4 is 6.09 Å². The molecule has 2 aromatic rings. The molecule has 7 heteroatoms. The lowest BCUT2D eigenvalue weighted by Crippen LogP contribution is -2.35. The molecule has 2 atom stereocenters. The van der Waals surface area contributed by atoms with Gasteiger partial charge in [0.25, 0.3) is 0 Å². The Morgan fingerprint density at radius 2 is 1.92 bits per heavy atom. The third kappa shape index (κ3) is 5.74. The van der Waals surface area contributed by atoms with Gasteiger partial charge < -0.3 is 25.0 Å². The molecule has 2 aromatic carbocycles. The number of benzene rings is 2. The summed E-state index contributed by atoms with van der Waals surface area (Å²) in [6, 6.07) is 12.8. The molecule has 0 saturated heterocycles. The fraction of sp³-hybridized carbons (Fsp3) is 0.278. The third-order valence-electron chi connectivity index (χ3n) is 3.50. The van der Waals surface area contributed by atoms with Gasteiger partial charge in [-0.3, -0.25) is 0 Å². The van der Waals surface area contributed by atoms with E-state index in [0.29, 0.717) is 0 Å². The number of aliphatic hydroxyl groups excluding tert-OH is 2. The SMILES string of the molecule is COc1cc(F)cc(C(O)C(O)CNC(=O)OCc2ccccc2)c1. The molecular weight excluding hydrogens is 329 g/mol. The zero-order valence-corrected chi connectivity index (χ0v) is 13.7. The molecule has 0 aromatic heterocycles. The maximum Gasteiger partial charge on any atom is 0.407 e. The van der Waals surface area contributed by atoms with Gasteiger partial charge in [-0.25, -0.2) is 9.18 Å². The van der Waals surface area contributed by atoms with E-state index < -0.39 is 24.1 Å². The largest absolute Gasteiger partial charge is 0.497 e. The number of nitrogens with one attached hydrogen (secondary N) is 1. The summed E-state index contributed by atoms with van der Waals surface area (Å²) < 4.78 is 23.4. The van der Waals surface area contributed by atoms with Crippen LogP contribution in [0.2, 0.25) is 0 Å². The average molecular weight is 349 g/mol. The number of rotatable bonds is 7. The molecule has 134 valence electrons. The minimum atomic E-state index is -1.39. The van der Waals surface area contributed by atoms with E-state index in [-0.39, 0.29) is 24.5 Å². The number of hydrogen-bond donors (Lipinski definition) is 3. The Morgan fingerprint density at radius 1 is 1.20 bits per heavy atom. The van der Waals surface area contributed by atoms with Crippen molar-refractivity contribution in [3.8, 4) is 5.75 Å². The molecule has 2 unspecified atom stereocenters. The van der Waals surface area contributed by atoms with E-state index in [2.05, 4.69) is 5.32 Å². The summed E-state index contributed by atoms with van der Waals surface area (Å²) in [5, 5.41) is 22.4. The van der Waals surface area contributed by atoms with Crippen LogP contribution in [0.4, 0.5) is 9.18 Å². The number of hydrogen-bond acceptors (Lipinski definition) is 5. The topological polar surface area (TPSA) is 88.0 Å². The first-order chi connectivity index (χ1) is 12.0. The van der Waals surface area contributed by atoms with Crippen LogP contribution in [0.5, 0.6) is 5.75 Å². The van der Waals surface area contributed by atoms with Gasteiger partial charge in [0.1, 0.15) is 30.4 Å². The van der Waals surface area contributed by atoms with Gasteiger partial charge in [0.2, 0.25) is 0 Å². The Kier molecular flexibility index (Phi) is 6.73. The normalized spacial score (nSPS) is 13.0. The second-order valence-corrected chi connectivity index (χ2v) is 5.38. The smallest absolute Gasteiger partial charge is 0.407 e. The Balaban J connectivity index is 1.83. The van der Waals surface area contributed by atoms with Crippen molar-refractivity contribution in [3.05, 3.63) is 65.5 Å². The molecule has 0 heterocycles. The van der Waals surface area contributed by atoms with Crippen LogP contribution < -0.4 is 10.1 Å². The van der Waals surface area contributed by atoms with Crippen molar-refractivity contribution in [2.24, 2.45) is 0 Å². The lowest BCUT2D eigenvalue weighted by Gasteiger charge is -2.19. The lowest BCUT2D eigenvalue weighted by molar-refractivity contribution is 0.0181. The number of carbonyl (C=O) groups excluding carboxylic acids is 1. The van der Waals surface area contributed by atoms with Crippen LogP contribution in [0.3, 0.4) is 0 Å². The molecule has 0 radical (unpaired) electrons. The van der Waals surface area contributed by atoms with E-state index in [1.165, 1.54) is 13.2 Å². The highest BCUT2D eigenvalue weighted by atomic mass is 19.1. The third-order valence-corrected chi connectivity index (χ3v) is 3.50.